The number of piperidine rings is 1. The van der Waals surface area contributed by atoms with E-state index in [-0.39, 0.29) is 29.7 Å². The second kappa shape index (κ2) is 12.5. The van der Waals surface area contributed by atoms with Crippen LogP contribution >= 0.6 is 0 Å². The number of aromatic nitrogens is 1. The number of carbonyl (C=O) groups is 2. The van der Waals surface area contributed by atoms with Crippen molar-refractivity contribution in [3.8, 4) is 0 Å². The van der Waals surface area contributed by atoms with Gasteiger partial charge < -0.3 is 10.2 Å². The van der Waals surface area contributed by atoms with Crippen molar-refractivity contribution < 1.29 is 14.0 Å². The smallest absolute Gasteiger partial charge is 0.270 e. The Hall–Kier alpha value is -3.62. The molecule has 7 nitrogen and oxygen atoms in total. The molecular formula is C31H36FN5O2. The minimum absolute atomic E-state index is 0.000439. The molecule has 2 aliphatic heterocycles. The quantitative estimate of drug-likeness (QED) is 0.478. The average Bonchev–Trinajstić information content (AvgIpc) is 2.96. The molecule has 0 aliphatic carbocycles. The normalized spacial score (nSPS) is 18.2. The summed E-state index contributed by atoms with van der Waals surface area (Å²) in [5, 5.41) is 3.16. The van der Waals surface area contributed by atoms with Crippen molar-refractivity contribution in [3.05, 3.63) is 101 Å². The maximum Gasteiger partial charge on any atom is 0.270 e. The maximum atomic E-state index is 13.2. The van der Waals surface area contributed by atoms with Crippen LogP contribution in [0.5, 0.6) is 0 Å². The van der Waals surface area contributed by atoms with Crippen LogP contribution in [0, 0.1) is 5.82 Å². The van der Waals surface area contributed by atoms with E-state index in [0.717, 1.165) is 50.1 Å². The number of pyridine rings is 1. The van der Waals surface area contributed by atoms with Gasteiger partial charge in [-0.25, -0.2) is 4.39 Å². The van der Waals surface area contributed by atoms with E-state index in [9.17, 15) is 14.0 Å². The van der Waals surface area contributed by atoms with Gasteiger partial charge in [0.25, 0.3) is 5.91 Å². The van der Waals surface area contributed by atoms with Gasteiger partial charge in [-0.15, -0.1) is 0 Å². The van der Waals surface area contributed by atoms with Gasteiger partial charge in [-0.2, -0.15) is 0 Å². The van der Waals surface area contributed by atoms with Crippen LogP contribution in [0.2, 0.25) is 0 Å². The molecule has 3 heterocycles. The van der Waals surface area contributed by atoms with Gasteiger partial charge in [-0.3, -0.25) is 24.4 Å². The molecule has 2 aromatic carbocycles. The highest BCUT2D eigenvalue weighted by Crippen LogP contribution is 2.23. The van der Waals surface area contributed by atoms with Crippen molar-refractivity contribution in [2.45, 2.75) is 44.9 Å². The first kappa shape index (κ1) is 27.0. The third kappa shape index (κ3) is 7.07. The summed E-state index contributed by atoms with van der Waals surface area (Å²) in [6.45, 7) is 7.06. The van der Waals surface area contributed by atoms with Crippen LogP contribution in [0.4, 0.5) is 4.39 Å². The van der Waals surface area contributed by atoms with E-state index in [4.69, 9.17) is 0 Å². The van der Waals surface area contributed by atoms with Gasteiger partial charge in [0, 0.05) is 57.5 Å². The molecule has 5 rings (SSSR count). The summed E-state index contributed by atoms with van der Waals surface area (Å²) in [5.41, 5.74) is 3.62. The topological polar surface area (TPSA) is 68.8 Å². The van der Waals surface area contributed by atoms with Crippen molar-refractivity contribution in [2.24, 2.45) is 0 Å². The Labute approximate surface area is 229 Å². The Morgan fingerprint density at radius 2 is 1.67 bits per heavy atom. The van der Waals surface area contributed by atoms with Crippen LogP contribution < -0.4 is 5.32 Å². The highest BCUT2D eigenvalue weighted by Gasteiger charge is 2.28. The van der Waals surface area contributed by atoms with E-state index in [0.29, 0.717) is 25.3 Å². The summed E-state index contributed by atoms with van der Waals surface area (Å²) in [5.74, 6) is -0.364. The number of nitrogens with zero attached hydrogens (tertiary/aromatic N) is 4. The van der Waals surface area contributed by atoms with E-state index in [2.05, 4.69) is 51.3 Å². The molecule has 39 heavy (non-hydrogen) atoms. The SMILES string of the molecule is CC(c1ccc(C(=O)NC2CCN(Cc3ccccc3)CC2)nc1)N1CCN(Cc2ccc(F)cc2)C(=O)C1. The molecule has 8 heteroatoms. The van der Waals surface area contributed by atoms with Crippen LogP contribution in [-0.4, -0.2) is 70.3 Å². The first-order valence-electron chi connectivity index (χ1n) is 13.7. The minimum atomic E-state index is -0.277. The summed E-state index contributed by atoms with van der Waals surface area (Å²) >= 11 is 0. The lowest BCUT2D eigenvalue weighted by molar-refractivity contribution is -0.137. The van der Waals surface area contributed by atoms with E-state index in [1.54, 1.807) is 24.4 Å². The Kier molecular flexibility index (Phi) is 8.64. The molecule has 1 aromatic heterocycles. The van der Waals surface area contributed by atoms with Crippen molar-refractivity contribution in [1.29, 1.82) is 0 Å². The lowest BCUT2D eigenvalue weighted by Crippen LogP contribution is -2.50. The first-order valence-corrected chi connectivity index (χ1v) is 13.7. The molecule has 1 unspecified atom stereocenters. The average molecular weight is 530 g/mol. The largest absolute Gasteiger partial charge is 0.348 e. The summed E-state index contributed by atoms with van der Waals surface area (Å²) in [6, 6.07) is 20.6. The van der Waals surface area contributed by atoms with Crippen LogP contribution in [0.25, 0.3) is 0 Å². The molecule has 1 N–H and O–H groups in total. The molecule has 0 bridgehead atoms. The molecule has 204 valence electrons. The molecule has 2 aliphatic rings. The van der Waals surface area contributed by atoms with Gasteiger partial charge in [-0.05, 0) is 54.7 Å². The number of benzene rings is 2. The minimum Gasteiger partial charge on any atom is -0.348 e. The van der Waals surface area contributed by atoms with Crippen LogP contribution in [0.15, 0.2) is 72.9 Å². The highest BCUT2D eigenvalue weighted by molar-refractivity contribution is 5.92. The Balaban J connectivity index is 1.08. The second-order valence-electron chi connectivity index (χ2n) is 10.6. The van der Waals surface area contributed by atoms with Crippen LogP contribution in [0.3, 0.4) is 0 Å². The predicted molar refractivity (Wildman–Crippen MR) is 148 cm³/mol. The fraction of sp³-hybridized carbons (Fsp3) is 0.387. The molecule has 0 spiro atoms. The fourth-order valence-corrected chi connectivity index (χ4v) is 5.37. The van der Waals surface area contributed by atoms with Crippen molar-refractivity contribution in [2.75, 3.05) is 32.7 Å². The first-order chi connectivity index (χ1) is 18.9. The number of amides is 2. The summed E-state index contributed by atoms with van der Waals surface area (Å²) in [7, 11) is 0. The van der Waals surface area contributed by atoms with E-state index < -0.39 is 0 Å². The van der Waals surface area contributed by atoms with Gasteiger partial charge in [0.1, 0.15) is 11.5 Å². The zero-order valence-electron chi connectivity index (χ0n) is 22.4. The molecule has 3 aromatic rings. The van der Waals surface area contributed by atoms with Crippen LogP contribution in [0.1, 0.15) is 53.0 Å². The molecular weight excluding hydrogens is 493 g/mol. The van der Waals surface area contributed by atoms with Gasteiger partial charge in [-0.1, -0.05) is 48.5 Å². The zero-order chi connectivity index (χ0) is 27.2. The van der Waals surface area contributed by atoms with Gasteiger partial charge in [0.05, 0.1) is 6.54 Å². The molecule has 2 fully saturated rings. The van der Waals surface area contributed by atoms with Crippen molar-refractivity contribution in [3.63, 3.8) is 0 Å². The molecule has 1 atom stereocenters. The molecule has 2 saturated heterocycles. The number of nitrogens with one attached hydrogen (secondary N) is 1. The predicted octanol–water partition coefficient (Wildman–Crippen LogP) is 4.02. The lowest BCUT2D eigenvalue weighted by atomic mass is 10.0. The van der Waals surface area contributed by atoms with Gasteiger partial charge in [0.15, 0.2) is 0 Å². The number of carbonyl (C=O) groups excluding carboxylic acids is 2. The third-order valence-corrected chi connectivity index (χ3v) is 7.86. The van der Waals surface area contributed by atoms with E-state index in [1.807, 2.05) is 17.0 Å². The second-order valence-corrected chi connectivity index (χ2v) is 10.6. The molecule has 0 saturated carbocycles. The van der Waals surface area contributed by atoms with Gasteiger partial charge in [0.2, 0.25) is 5.91 Å². The lowest BCUT2D eigenvalue weighted by Gasteiger charge is -2.37. The molecule has 0 radical (unpaired) electrons. The highest BCUT2D eigenvalue weighted by atomic mass is 19.1. The Morgan fingerprint density at radius 1 is 0.949 bits per heavy atom. The van der Waals surface area contributed by atoms with Crippen LogP contribution in [-0.2, 0) is 17.9 Å². The zero-order valence-corrected chi connectivity index (χ0v) is 22.4. The number of piperazine rings is 1. The number of rotatable bonds is 8. The number of hydrogen-bond acceptors (Lipinski definition) is 5. The third-order valence-electron chi connectivity index (χ3n) is 7.86. The Bertz CT molecular complexity index is 1240. The molecule has 2 amide bonds. The van der Waals surface area contributed by atoms with E-state index >= 15 is 0 Å². The summed E-state index contributed by atoms with van der Waals surface area (Å²) < 4.78 is 13.2. The number of hydrogen-bond donors (Lipinski definition) is 1. The van der Waals surface area contributed by atoms with E-state index in [1.165, 1.54) is 17.7 Å². The maximum absolute atomic E-state index is 13.2. The van der Waals surface area contributed by atoms with Gasteiger partial charge >= 0.3 is 0 Å². The summed E-state index contributed by atoms with van der Waals surface area (Å²) in [4.78, 5) is 36.5. The number of halogens is 1. The monoisotopic (exact) mass is 529 g/mol. The number of likely N-dealkylation sites (tertiary alicyclic amines) is 1. The Morgan fingerprint density at radius 3 is 2.33 bits per heavy atom. The fourth-order valence-electron chi connectivity index (χ4n) is 5.37. The standard InChI is InChI=1S/C31H36FN5O2/c1-23(36-17-18-37(30(38)22-36)21-25-7-10-27(32)11-8-25)26-9-12-29(33-19-26)31(39)34-28-13-15-35(16-14-28)20-24-5-3-2-4-6-24/h2-12,19,23,28H,13-18,20-22H2,1H3,(H,34,39). The summed E-state index contributed by atoms with van der Waals surface area (Å²) in [6.07, 6.45) is 3.60. The van der Waals surface area contributed by atoms with Crippen molar-refractivity contribution in [1.82, 2.24) is 25.0 Å². The van der Waals surface area contributed by atoms with Crippen molar-refractivity contribution >= 4 is 11.8 Å².